The minimum Gasteiger partial charge on any atom is -0.207 e. The molecule has 0 unspecified atom stereocenters. The normalized spacial score (nSPS) is 11.1. The van der Waals surface area contributed by atoms with Crippen molar-refractivity contribution in [2.75, 3.05) is 0 Å². The molecule has 2 heteroatoms. The Kier molecular flexibility index (Phi) is 8.19. The Morgan fingerprint density at radius 2 is 1.20 bits per heavy atom. The Bertz CT molecular complexity index is 941. The number of aryl methyl sites for hydroxylation is 2. The van der Waals surface area contributed by atoms with E-state index >= 15 is 0 Å². The quantitative estimate of drug-likeness (QED) is 0.295. The van der Waals surface area contributed by atoms with Gasteiger partial charge in [-0.3, -0.25) is 0 Å². The zero-order valence-corrected chi connectivity index (χ0v) is 18.2. The van der Waals surface area contributed by atoms with Crippen LogP contribution in [-0.4, -0.2) is 0 Å². The van der Waals surface area contributed by atoms with Crippen LogP contribution in [0.3, 0.4) is 0 Å². The molecule has 0 saturated carbocycles. The molecule has 0 fully saturated rings. The average Bonchev–Trinajstić information content (AvgIpc) is 2.76. The van der Waals surface area contributed by atoms with E-state index in [4.69, 9.17) is 0 Å². The van der Waals surface area contributed by atoms with Crippen molar-refractivity contribution in [3.05, 3.63) is 83.4 Å². The first kappa shape index (κ1) is 22.2. The third-order valence-electron chi connectivity index (χ3n) is 5.71. The van der Waals surface area contributed by atoms with Gasteiger partial charge in [0.1, 0.15) is 11.6 Å². The van der Waals surface area contributed by atoms with Crippen LogP contribution in [-0.2, 0) is 12.8 Å². The summed E-state index contributed by atoms with van der Waals surface area (Å²) >= 11 is 0. The molecule has 158 valence electrons. The number of halogens is 2. The summed E-state index contributed by atoms with van der Waals surface area (Å²) < 4.78 is 28.5. The fraction of sp³-hybridized carbons (Fsp3) is 0.357. The van der Waals surface area contributed by atoms with E-state index in [0.29, 0.717) is 5.56 Å². The number of benzene rings is 3. The van der Waals surface area contributed by atoms with E-state index in [1.54, 1.807) is 0 Å². The van der Waals surface area contributed by atoms with E-state index in [1.807, 2.05) is 6.07 Å². The van der Waals surface area contributed by atoms with Crippen molar-refractivity contribution in [1.29, 1.82) is 0 Å². The minimum atomic E-state index is -0.421. The van der Waals surface area contributed by atoms with E-state index in [0.717, 1.165) is 36.0 Å². The van der Waals surface area contributed by atoms with Gasteiger partial charge in [0.05, 0.1) is 0 Å². The summed E-state index contributed by atoms with van der Waals surface area (Å²) in [5.74, 6) is -0.816. The van der Waals surface area contributed by atoms with Gasteiger partial charge in [0.15, 0.2) is 0 Å². The molecule has 0 N–H and O–H groups in total. The van der Waals surface area contributed by atoms with Crippen LogP contribution in [0.4, 0.5) is 8.78 Å². The second-order valence-corrected chi connectivity index (χ2v) is 8.12. The summed E-state index contributed by atoms with van der Waals surface area (Å²) in [6.07, 6.45) is 9.25. The highest BCUT2D eigenvalue weighted by molar-refractivity contribution is 5.84. The van der Waals surface area contributed by atoms with Crippen LogP contribution in [0.2, 0.25) is 0 Å². The van der Waals surface area contributed by atoms with Crippen molar-refractivity contribution in [1.82, 2.24) is 0 Å². The number of hydrogen-bond acceptors (Lipinski definition) is 0. The summed E-state index contributed by atoms with van der Waals surface area (Å²) in [6.45, 7) is 4.41. The molecule has 0 aliphatic heterocycles. The molecule has 0 aliphatic rings. The lowest BCUT2D eigenvalue weighted by atomic mass is 9.90. The second kappa shape index (κ2) is 11.1. The number of rotatable bonds is 10. The summed E-state index contributed by atoms with van der Waals surface area (Å²) in [7, 11) is 0. The van der Waals surface area contributed by atoms with Crippen molar-refractivity contribution >= 4 is 0 Å². The summed E-state index contributed by atoms with van der Waals surface area (Å²) in [6, 6.07) is 18.4. The van der Waals surface area contributed by atoms with Gasteiger partial charge in [-0.1, -0.05) is 82.0 Å². The highest BCUT2D eigenvalue weighted by Gasteiger charge is 2.14. The van der Waals surface area contributed by atoms with E-state index < -0.39 is 11.6 Å². The maximum atomic E-state index is 14.6. The predicted octanol–water partition coefficient (Wildman–Crippen LogP) is 8.76. The Morgan fingerprint density at radius 3 is 1.87 bits per heavy atom. The summed E-state index contributed by atoms with van der Waals surface area (Å²) in [5.41, 5.74) is 5.64. The van der Waals surface area contributed by atoms with E-state index in [9.17, 15) is 8.78 Å². The van der Waals surface area contributed by atoms with Gasteiger partial charge < -0.3 is 0 Å². The molecule has 3 aromatic rings. The van der Waals surface area contributed by atoms with Crippen molar-refractivity contribution in [2.45, 2.75) is 65.2 Å². The van der Waals surface area contributed by atoms with Crippen molar-refractivity contribution in [3.63, 3.8) is 0 Å². The Labute approximate surface area is 180 Å². The van der Waals surface area contributed by atoms with Gasteiger partial charge >= 0.3 is 0 Å². The summed E-state index contributed by atoms with van der Waals surface area (Å²) in [5, 5.41) is 0. The monoisotopic (exact) mass is 406 g/mol. The maximum absolute atomic E-state index is 14.6. The fourth-order valence-electron chi connectivity index (χ4n) is 3.93. The molecule has 0 heterocycles. The first-order valence-corrected chi connectivity index (χ1v) is 11.3. The van der Waals surface area contributed by atoms with Crippen LogP contribution < -0.4 is 0 Å². The molecular formula is C28H32F2. The average molecular weight is 407 g/mol. The third kappa shape index (κ3) is 5.78. The molecule has 0 aromatic heterocycles. The molecule has 30 heavy (non-hydrogen) atoms. The second-order valence-electron chi connectivity index (χ2n) is 8.12. The van der Waals surface area contributed by atoms with Crippen LogP contribution in [0.1, 0.15) is 63.5 Å². The largest absolute Gasteiger partial charge is 0.207 e. The molecule has 0 atom stereocenters. The molecule has 0 aliphatic carbocycles. The lowest BCUT2D eigenvalue weighted by Gasteiger charge is -2.14. The first-order chi connectivity index (χ1) is 14.6. The highest BCUT2D eigenvalue weighted by Crippen LogP contribution is 2.35. The van der Waals surface area contributed by atoms with Crippen LogP contribution in [0.5, 0.6) is 0 Å². The van der Waals surface area contributed by atoms with Gasteiger partial charge in [0, 0.05) is 5.56 Å². The zero-order chi connectivity index (χ0) is 21.3. The highest BCUT2D eigenvalue weighted by atomic mass is 19.1. The molecule has 0 spiro atoms. The van der Waals surface area contributed by atoms with Crippen LogP contribution >= 0.6 is 0 Å². The minimum absolute atomic E-state index is 0.317. The van der Waals surface area contributed by atoms with Crippen LogP contribution in [0.25, 0.3) is 22.3 Å². The molecule has 0 bridgehead atoms. The Balaban J connectivity index is 1.98. The van der Waals surface area contributed by atoms with Crippen LogP contribution in [0, 0.1) is 11.6 Å². The molecule has 0 amide bonds. The lowest BCUT2D eigenvalue weighted by molar-refractivity contribution is 0.603. The SMILES string of the molecule is CCCCCc1ccc(-c2cc(CCCCC)ccc2-c2cc(F)ccc2F)cc1. The lowest BCUT2D eigenvalue weighted by Crippen LogP contribution is -1.94. The third-order valence-corrected chi connectivity index (χ3v) is 5.71. The standard InChI is InChI=1S/C28H32F2/c1-3-5-7-9-21-11-14-23(15-12-21)26-19-22(10-8-6-4-2)13-17-25(26)27-20-24(29)16-18-28(27)30/h11-20H,3-10H2,1-2H3. The van der Waals surface area contributed by atoms with Gasteiger partial charge in [-0.25, -0.2) is 8.78 Å². The molecule has 3 aromatic carbocycles. The van der Waals surface area contributed by atoms with E-state index in [-0.39, 0.29) is 0 Å². The topological polar surface area (TPSA) is 0 Å². The van der Waals surface area contributed by atoms with E-state index in [2.05, 4.69) is 50.2 Å². The maximum Gasteiger partial charge on any atom is 0.131 e. The number of hydrogen-bond donors (Lipinski definition) is 0. The van der Waals surface area contributed by atoms with Crippen molar-refractivity contribution in [2.24, 2.45) is 0 Å². The fourth-order valence-corrected chi connectivity index (χ4v) is 3.93. The van der Waals surface area contributed by atoms with Gasteiger partial charge in [-0.2, -0.15) is 0 Å². The van der Waals surface area contributed by atoms with E-state index in [1.165, 1.54) is 61.4 Å². The molecule has 0 saturated heterocycles. The first-order valence-electron chi connectivity index (χ1n) is 11.3. The Morgan fingerprint density at radius 1 is 0.567 bits per heavy atom. The zero-order valence-electron chi connectivity index (χ0n) is 18.2. The van der Waals surface area contributed by atoms with Gasteiger partial charge in [-0.15, -0.1) is 0 Å². The van der Waals surface area contributed by atoms with Crippen molar-refractivity contribution in [3.8, 4) is 22.3 Å². The number of unbranched alkanes of at least 4 members (excludes halogenated alkanes) is 4. The predicted molar refractivity (Wildman–Crippen MR) is 124 cm³/mol. The van der Waals surface area contributed by atoms with Gasteiger partial charge in [-0.05, 0) is 71.7 Å². The molecule has 0 radical (unpaired) electrons. The molecule has 3 rings (SSSR count). The van der Waals surface area contributed by atoms with Gasteiger partial charge in [0.25, 0.3) is 0 Å². The Hall–Kier alpha value is -2.48. The molecular weight excluding hydrogens is 374 g/mol. The van der Waals surface area contributed by atoms with Gasteiger partial charge in [0.2, 0.25) is 0 Å². The van der Waals surface area contributed by atoms with Crippen molar-refractivity contribution < 1.29 is 8.78 Å². The molecule has 0 nitrogen and oxygen atoms in total. The smallest absolute Gasteiger partial charge is 0.131 e. The van der Waals surface area contributed by atoms with Crippen LogP contribution in [0.15, 0.2) is 60.7 Å². The summed E-state index contributed by atoms with van der Waals surface area (Å²) in [4.78, 5) is 0.